The summed E-state index contributed by atoms with van der Waals surface area (Å²) in [7, 11) is 0. The number of furan rings is 1. The van der Waals surface area contributed by atoms with Crippen LogP contribution in [0.1, 0.15) is 37.0 Å². The lowest BCUT2D eigenvalue weighted by atomic mass is 10.1. The highest BCUT2D eigenvalue weighted by Gasteiger charge is 2.48. The molecule has 2 aliphatic rings. The quantitative estimate of drug-likeness (QED) is 0.435. The van der Waals surface area contributed by atoms with E-state index in [1.54, 1.807) is 24.3 Å². The Hall–Kier alpha value is -2.53. The minimum atomic E-state index is -1.07. The van der Waals surface area contributed by atoms with Crippen molar-refractivity contribution >= 4 is 29.6 Å². The first-order chi connectivity index (χ1) is 12.5. The number of benzene rings is 1. The zero-order valence-corrected chi connectivity index (χ0v) is 15.0. The van der Waals surface area contributed by atoms with Gasteiger partial charge in [-0.2, -0.15) is 0 Å². The molecule has 0 unspecified atom stereocenters. The molecule has 2 heterocycles. The summed E-state index contributed by atoms with van der Waals surface area (Å²) in [6.07, 6.45) is 4.21. The Kier molecular flexibility index (Phi) is 4.11. The molecule has 1 aromatic heterocycles. The van der Waals surface area contributed by atoms with Crippen LogP contribution >= 0.6 is 11.6 Å². The number of ether oxygens (including phenoxy) is 2. The molecule has 0 amide bonds. The van der Waals surface area contributed by atoms with E-state index < -0.39 is 17.7 Å². The van der Waals surface area contributed by atoms with Crippen LogP contribution in [0.3, 0.4) is 0 Å². The molecule has 2 aromatic rings. The summed E-state index contributed by atoms with van der Waals surface area (Å²) in [5, 5.41) is 0.600. The Morgan fingerprint density at radius 1 is 1.04 bits per heavy atom. The predicted octanol–water partition coefficient (Wildman–Crippen LogP) is 4.66. The Morgan fingerprint density at radius 3 is 2.42 bits per heavy atom. The average Bonchev–Trinajstić information content (AvgIpc) is 3.23. The molecule has 0 atom stereocenters. The van der Waals surface area contributed by atoms with Gasteiger partial charge in [-0.15, -0.1) is 0 Å². The molecule has 1 aromatic carbocycles. The minimum absolute atomic E-state index is 0.161. The van der Waals surface area contributed by atoms with Crippen LogP contribution in [-0.4, -0.2) is 17.7 Å². The van der Waals surface area contributed by atoms with Crippen LogP contribution < -0.4 is 0 Å². The summed E-state index contributed by atoms with van der Waals surface area (Å²) in [6.45, 7) is 1.95. The summed E-state index contributed by atoms with van der Waals surface area (Å²) in [5.74, 6) is -1.44. The number of hydrogen-bond donors (Lipinski definition) is 0. The number of halogens is 1. The second-order valence-electron chi connectivity index (χ2n) is 6.62. The molecule has 1 spiro atoms. The van der Waals surface area contributed by atoms with E-state index in [-0.39, 0.29) is 5.57 Å². The average molecular weight is 373 g/mol. The van der Waals surface area contributed by atoms with Crippen LogP contribution in [0.5, 0.6) is 0 Å². The lowest BCUT2D eigenvalue weighted by molar-refractivity contribution is -0.232. The first-order valence-electron chi connectivity index (χ1n) is 8.51. The van der Waals surface area contributed by atoms with E-state index in [9.17, 15) is 9.59 Å². The maximum absolute atomic E-state index is 12.3. The van der Waals surface area contributed by atoms with Crippen LogP contribution in [0.25, 0.3) is 17.4 Å². The summed E-state index contributed by atoms with van der Waals surface area (Å²) in [5.41, 5.74) is 1.69. The normalized spacial score (nSPS) is 18.8. The molecular weight excluding hydrogens is 356 g/mol. The monoisotopic (exact) mass is 372 g/mol. The molecule has 1 saturated carbocycles. The number of carbonyl (C=O) groups excluding carboxylic acids is 2. The molecule has 6 heteroatoms. The van der Waals surface area contributed by atoms with Gasteiger partial charge in [-0.05, 0) is 49.6 Å². The van der Waals surface area contributed by atoms with Gasteiger partial charge < -0.3 is 13.9 Å². The molecule has 0 radical (unpaired) electrons. The maximum Gasteiger partial charge on any atom is 0.349 e. The molecule has 1 aliphatic carbocycles. The van der Waals surface area contributed by atoms with Gasteiger partial charge in [0.2, 0.25) is 0 Å². The van der Waals surface area contributed by atoms with Gasteiger partial charge >= 0.3 is 11.9 Å². The van der Waals surface area contributed by atoms with Gasteiger partial charge in [0.1, 0.15) is 17.1 Å². The number of aryl methyl sites for hydroxylation is 1. The fourth-order valence-corrected chi connectivity index (χ4v) is 3.54. The van der Waals surface area contributed by atoms with E-state index in [2.05, 4.69) is 0 Å². The van der Waals surface area contributed by atoms with Crippen molar-refractivity contribution in [2.24, 2.45) is 0 Å². The zero-order chi connectivity index (χ0) is 18.3. The van der Waals surface area contributed by atoms with Crippen LogP contribution in [-0.2, 0) is 19.1 Å². The first-order valence-corrected chi connectivity index (χ1v) is 8.88. The third-order valence-electron chi connectivity index (χ3n) is 4.74. The predicted molar refractivity (Wildman–Crippen MR) is 95.3 cm³/mol. The highest BCUT2D eigenvalue weighted by molar-refractivity contribution is 6.30. The fourth-order valence-electron chi connectivity index (χ4n) is 3.36. The molecule has 1 aliphatic heterocycles. The Bertz CT molecular complexity index is 896. The van der Waals surface area contributed by atoms with Crippen LogP contribution in [0, 0.1) is 6.92 Å². The number of rotatable bonds is 2. The van der Waals surface area contributed by atoms with Crippen molar-refractivity contribution in [2.45, 2.75) is 38.4 Å². The van der Waals surface area contributed by atoms with Gasteiger partial charge in [0.05, 0.1) is 0 Å². The van der Waals surface area contributed by atoms with Crippen molar-refractivity contribution in [3.8, 4) is 11.3 Å². The largest absolute Gasteiger partial charge is 0.457 e. The highest BCUT2D eigenvalue weighted by atomic mass is 35.5. The van der Waals surface area contributed by atoms with Crippen LogP contribution in [0.2, 0.25) is 5.02 Å². The second kappa shape index (κ2) is 6.32. The highest BCUT2D eigenvalue weighted by Crippen LogP contribution is 2.39. The Morgan fingerprint density at radius 2 is 1.73 bits per heavy atom. The van der Waals surface area contributed by atoms with E-state index in [4.69, 9.17) is 25.5 Å². The standard InChI is InChI=1S/C20H17ClO5/c1-12-4-5-13(21)10-15(12)17-7-6-14(24-17)11-16-18(22)25-20(26-19(16)23)8-2-3-9-20/h4-7,10-11H,2-3,8-9H2,1H3. The van der Waals surface area contributed by atoms with Crippen molar-refractivity contribution in [1.82, 2.24) is 0 Å². The molecule has 0 N–H and O–H groups in total. The van der Waals surface area contributed by atoms with Crippen molar-refractivity contribution in [1.29, 1.82) is 0 Å². The van der Waals surface area contributed by atoms with E-state index in [1.807, 2.05) is 13.0 Å². The van der Waals surface area contributed by atoms with E-state index in [0.29, 0.717) is 29.4 Å². The van der Waals surface area contributed by atoms with Crippen LogP contribution in [0.15, 0.2) is 40.3 Å². The van der Waals surface area contributed by atoms with Gasteiger partial charge in [0.25, 0.3) is 5.79 Å². The molecule has 5 nitrogen and oxygen atoms in total. The lowest BCUT2D eigenvalue weighted by Gasteiger charge is -2.32. The summed E-state index contributed by atoms with van der Waals surface area (Å²) in [6, 6.07) is 8.96. The lowest BCUT2D eigenvalue weighted by Crippen LogP contribution is -2.44. The van der Waals surface area contributed by atoms with Crippen LogP contribution in [0.4, 0.5) is 0 Å². The van der Waals surface area contributed by atoms with Gasteiger partial charge in [0, 0.05) is 29.5 Å². The molecular formula is C20H17ClO5. The SMILES string of the molecule is Cc1ccc(Cl)cc1-c1ccc(C=C2C(=O)OC3(CCCC3)OC2=O)o1. The smallest absolute Gasteiger partial charge is 0.349 e. The third kappa shape index (κ3) is 3.03. The van der Waals surface area contributed by atoms with E-state index in [0.717, 1.165) is 24.0 Å². The van der Waals surface area contributed by atoms with Gasteiger partial charge in [-0.1, -0.05) is 17.7 Å². The van der Waals surface area contributed by atoms with Gasteiger partial charge in [-0.25, -0.2) is 9.59 Å². The topological polar surface area (TPSA) is 65.7 Å². The van der Waals surface area contributed by atoms with Crippen molar-refractivity contribution in [3.05, 3.63) is 52.3 Å². The molecule has 4 rings (SSSR count). The van der Waals surface area contributed by atoms with Crippen molar-refractivity contribution in [2.75, 3.05) is 0 Å². The third-order valence-corrected chi connectivity index (χ3v) is 4.98. The Labute approximate surface area is 155 Å². The maximum atomic E-state index is 12.3. The fraction of sp³-hybridized carbons (Fsp3) is 0.300. The molecule has 2 fully saturated rings. The van der Waals surface area contributed by atoms with E-state index >= 15 is 0 Å². The summed E-state index contributed by atoms with van der Waals surface area (Å²) in [4.78, 5) is 24.6. The second-order valence-corrected chi connectivity index (χ2v) is 7.05. The molecule has 1 saturated heterocycles. The molecule has 26 heavy (non-hydrogen) atoms. The minimum Gasteiger partial charge on any atom is -0.457 e. The number of hydrogen-bond acceptors (Lipinski definition) is 5. The van der Waals surface area contributed by atoms with Gasteiger partial charge in [0.15, 0.2) is 0 Å². The summed E-state index contributed by atoms with van der Waals surface area (Å²) < 4.78 is 16.6. The molecule has 134 valence electrons. The van der Waals surface area contributed by atoms with Crippen molar-refractivity contribution in [3.63, 3.8) is 0 Å². The van der Waals surface area contributed by atoms with Gasteiger partial charge in [-0.3, -0.25) is 0 Å². The van der Waals surface area contributed by atoms with E-state index in [1.165, 1.54) is 6.08 Å². The molecule has 0 bridgehead atoms. The number of carbonyl (C=O) groups is 2. The summed E-state index contributed by atoms with van der Waals surface area (Å²) >= 11 is 6.05. The Balaban J connectivity index is 1.61. The first kappa shape index (κ1) is 16.9. The van der Waals surface area contributed by atoms with Crippen molar-refractivity contribution < 1.29 is 23.5 Å². The number of esters is 2. The zero-order valence-electron chi connectivity index (χ0n) is 14.2.